The number of anilines is 1. The average Bonchev–Trinajstić information content (AvgIpc) is 3.33. The number of rotatable bonds is 6. The molecule has 124 valence electrons. The molecule has 2 amide bonds. The number of hydrogen-bond acceptors (Lipinski definition) is 5. The van der Waals surface area contributed by atoms with Gasteiger partial charge in [-0.25, -0.2) is 0 Å². The lowest BCUT2D eigenvalue weighted by molar-refractivity contribution is 0.0759. The van der Waals surface area contributed by atoms with E-state index in [1.807, 2.05) is 24.4 Å². The van der Waals surface area contributed by atoms with Crippen LogP contribution in [0.2, 0.25) is 0 Å². The second-order valence-electron chi connectivity index (χ2n) is 4.99. The first kappa shape index (κ1) is 16.5. The van der Waals surface area contributed by atoms with Gasteiger partial charge in [0.25, 0.3) is 11.8 Å². The van der Waals surface area contributed by atoms with Crippen LogP contribution < -0.4 is 5.32 Å². The van der Waals surface area contributed by atoms with Gasteiger partial charge in [0.1, 0.15) is 0 Å². The first-order chi connectivity index (χ1) is 11.7. The lowest BCUT2D eigenvalue weighted by Crippen LogP contribution is -2.29. The summed E-state index contributed by atoms with van der Waals surface area (Å²) >= 11 is 2.89. The Morgan fingerprint density at radius 2 is 2.08 bits per heavy atom. The Balaban J connectivity index is 1.67. The Bertz CT molecular complexity index is 807. The van der Waals surface area contributed by atoms with Crippen molar-refractivity contribution in [3.63, 3.8) is 0 Å². The van der Waals surface area contributed by atoms with Gasteiger partial charge in [0.05, 0.1) is 22.7 Å². The molecule has 0 spiro atoms. The van der Waals surface area contributed by atoms with E-state index in [-0.39, 0.29) is 17.6 Å². The zero-order valence-corrected chi connectivity index (χ0v) is 14.7. The van der Waals surface area contributed by atoms with Crippen molar-refractivity contribution in [1.82, 2.24) is 4.90 Å². The molecule has 0 saturated heterocycles. The van der Waals surface area contributed by atoms with E-state index in [0.29, 0.717) is 23.0 Å². The van der Waals surface area contributed by atoms with Gasteiger partial charge in [-0.3, -0.25) is 9.59 Å². The molecule has 3 heterocycles. The predicted molar refractivity (Wildman–Crippen MR) is 95.7 cm³/mol. The molecule has 24 heavy (non-hydrogen) atoms. The Kier molecular flexibility index (Phi) is 5.12. The van der Waals surface area contributed by atoms with E-state index >= 15 is 0 Å². The van der Waals surface area contributed by atoms with Gasteiger partial charge in [-0.05, 0) is 42.6 Å². The van der Waals surface area contributed by atoms with Crippen molar-refractivity contribution in [3.8, 4) is 0 Å². The molecule has 0 aliphatic heterocycles. The van der Waals surface area contributed by atoms with Gasteiger partial charge in [0.15, 0.2) is 5.76 Å². The van der Waals surface area contributed by atoms with Crippen LogP contribution in [-0.2, 0) is 6.54 Å². The summed E-state index contributed by atoms with van der Waals surface area (Å²) < 4.78 is 5.05. The topological polar surface area (TPSA) is 62.6 Å². The fraction of sp³-hybridized carbons (Fsp3) is 0.176. The summed E-state index contributed by atoms with van der Waals surface area (Å²) in [7, 11) is 0. The summed E-state index contributed by atoms with van der Waals surface area (Å²) in [5.74, 6) is -0.120. The maximum absolute atomic E-state index is 12.6. The maximum atomic E-state index is 12.6. The van der Waals surface area contributed by atoms with Crippen LogP contribution in [0.3, 0.4) is 0 Å². The molecule has 3 rings (SSSR count). The van der Waals surface area contributed by atoms with E-state index in [2.05, 4.69) is 5.32 Å². The highest BCUT2D eigenvalue weighted by atomic mass is 32.1. The molecule has 3 aromatic rings. The van der Waals surface area contributed by atoms with Crippen LogP contribution in [0.4, 0.5) is 5.00 Å². The highest BCUT2D eigenvalue weighted by Crippen LogP contribution is 2.25. The van der Waals surface area contributed by atoms with Crippen LogP contribution in [0.5, 0.6) is 0 Å². The molecule has 0 aliphatic carbocycles. The highest BCUT2D eigenvalue weighted by Gasteiger charge is 2.18. The molecule has 0 aromatic carbocycles. The van der Waals surface area contributed by atoms with Crippen molar-refractivity contribution in [2.75, 3.05) is 11.9 Å². The number of amides is 2. The molecule has 0 atom stereocenters. The van der Waals surface area contributed by atoms with Crippen LogP contribution in [0.15, 0.2) is 52.5 Å². The zero-order chi connectivity index (χ0) is 16.9. The SMILES string of the molecule is CCN(Cc1cccs1)C(=O)c1ccc(NC(=O)c2ccco2)s1. The number of carbonyl (C=O) groups is 2. The summed E-state index contributed by atoms with van der Waals surface area (Å²) in [5, 5.41) is 5.36. The van der Waals surface area contributed by atoms with Gasteiger partial charge in [0, 0.05) is 11.4 Å². The minimum Gasteiger partial charge on any atom is -0.459 e. The van der Waals surface area contributed by atoms with Crippen molar-refractivity contribution < 1.29 is 14.0 Å². The van der Waals surface area contributed by atoms with Crippen LogP contribution in [0, 0.1) is 0 Å². The first-order valence-corrected chi connectivity index (χ1v) is 9.13. The number of carbonyl (C=O) groups excluding carboxylic acids is 2. The van der Waals surface area contributed by atoms with E-state index in [1.54, 1.807) is 40.5 Å². The molecule has 0 radical (unpaired) electrons. The van der Waals surface area contributed by atoms with Gasteiger partial charge < -0.3 is 14.6 Å². The Labute approximate surface area is 147 Å². The van der Waals surface area contributed by atoms with Crippen molar-refractivity contribution in [2.24, 2.45) is 0 Å². The minimum absolute atomic E-state index is 0.0330. The number of nitrogens with zero attached hydrogens (tertiary/aromatic N) is 1. The van der Waals surface area contributed by atoms with E-state index < -0.39 is 0 Å². The van der Waals surface area contributed by atoms with E-state index in [0.717, 1.165) is 4.88 Å². The normalized spacial score (nSPS) is 10.5. The largest absolute Gasteiger partial charge is 0.459 e. The Hall–Kier alpha value is -2.38. The van der Waals surface area contributed by atoms with Gasteiger partial charge in [0.2, 0.25) is 0 Å². The van der Waals surface area contributed by atoms with Crippen molar-refractivity contribution in [2.45, 2.75) is 13.5 Å². The van der Waals surface area contributed by atoms with Crippen LogP contribution >= 0.6 is 22.7 Å². The van der Waals surface area contributed by atoms with E-state index in [1.165, 1.54) is 17.6 Å². The van der Waals surface area contributed by atoms with E-state index in [9.17, 15) is 9.59 Å². The summed E-state index contributed by atoms with van der Waals surface area (Å²) in [6.07, 6.45) is 1.45. The minimum atomic E-state index is -0.327. The molecular weight excluding hydrogens is 344 g/mol. The van der Waals surface area contributed by atoms with Gasteiger partial charge in [-0.15, -0.1) is 22.7 Å². The quantitative estimate of drug-likeness (QED) is 0.712. The number of hydrogen-bond donors (Lipinski definition) is 1. The van der Waals surface area contributed by atoms with E-state index in [4.69, 9.17) is 4.42 Å². The lowest BCUT2D eigenvalue weighted by Gasteiger charge is -2.19. The summed E-state index contributed by atoms with van der Waals surface area (Å²) in [6, 6.07) is 10.7. The van der Waals surface area contributed by atoms with Crippen molar-refractivity contribution >= 4 is 39.5 Å². The molecule has 0 unspecified atom stereocenters. The standard InChI is InChI=1S/C17H16N2O3S2/c1-2-19(11-12-5-4-10-23-12)17(21)14-7-8-15(24-14)18-16(20)13-6-3-9-22-13/h3-10H,2,11H2,1H3,(H,18,20). The molecule has 1 N–H and O–H groups in total. The third-order valence-electron chi connectivity index (χ3n) is 3.39. The highest BCUT2D eigenvalue weighted by molar-refractivity contribution is 7.18. The fourth-order valence-electron chi connectivity index (χ4n) is 2.17. The maximum Gasteiger partial charge on any atom is 0.291 e. The van der Waals surface area contributed by atoms with Gasteiger partial charge >= 0.3 is 0 Å². The molecule has 7 heteroatoms. The molecular formula is C17H16N2O3S2. The molecule has 0 aliphatic rings. The van der Waals surface area contributed by atoms with Gasteiger partial charge in [-0.2, -0.15) is 0 Å². The predicted octanol–water partition coefficient (Wildman–Crippen LogP) is 4.32. The molecule has 3 aromatic heterocycles. The third-order valence-corrected chi connectivity index (χ3v) is 5.24. The smallest absolute Gasteiger partial charge is 0.291 e. The van der Waals surface area contributed by atoms with Crippen molar-refractivity contribution in [3.05, 3.63) is 63.6 Å². The average molecular weight is 360 g/mol. The summed E-state index contributed by atoms with van der Waals surface area (Å²) in [4.78, 5) is 28.1. The fourth-order valence-corrected chi connectivity index (χ4v) is 3.76. The first-order valence-electron chi connectivity index (χ1n) is 7.43. The number of thiophene rings is 2. The molecule has 0 fully saturated rings. The number of nitrogens with one attached hydrogen (secondary N) is 1. The zero-order valence-electron chi connectivity index (χ0n) is 13.0. The van der Waals surface area contributed by atoms with Crippen LogP contribution in [-0.4, -0.2) is 23.3 Å². The van der Waals surface area contributed by atoms with Crippen LogP contribution in [0.25, 0.3) is 0 Å². The second-order valence-corrected chi connectivity index (χ2v) is 7.11. The Morgan fingerprint density at radius 3 is 2.75 bits per heavy atom. The van der Waals surface area contributed by atoms with Crippen LogP contribution in [0.1, 0.15) is 32.0 Å². The Morgan fingerprint density at radius 1 is 1.21 bits per heavy atom. The monoisotopic (exact) mass is 360 g/mol. The molecule has 0 saturated carbocycles. The second kappa shape index (κ2) is 7.46. The number of furan rings is 1. The summed E-state index contributed by atoms with van der Waals surface area (Å²) in [5.41, 5.74) is 0. The third kappa shape index (κ3) is 3.74. The summed E-state index contributed by atoms with van der Waals surface area (Å²) in [6.45, 7) is 3.18. The van der Waals surface area contributed by atoms with Crippen molar-refractivity contribution in [1.29, 1.82) is 0 Å². The van der Waals surface area contributed by atoms with Gasteiger partial charge in [-0.1, -0.05) is 6.07 Å². The molecule has 0 bridgehead atoms. The lowest BCUT2D eigenvalue weighted by atomic mass is 10.3. The molecule has 5 nitrogen and oxygen atoms in total.